The number of carbonyl (C=O) groups excluding carboxylic acids is 1. The number of carbonyl (C=O) groups is 1. The Hall–Kier alpha value is -1.61. The molecule has 0 saturated heterocycles. The second kappa shape index (κ2) is 6.53. The Kier molecular flexibility index (Phi) is 4.74. The van der Waals surface area contributed by atoms with Crippen molar-refractivity contribution in [1.29, 1.82) is 0 Å². The summed E-state index contributed by atoms with van der Waals surface area (Å²) in [5.41, 5.74) is 2.40. The first-order valence-corrected chi connectivity index (χ1v) is 7.31. The third-order valence-corrected chi connectivity index (χ3v) is 3.72. The second-order valence-electron chi connectivity index (χ2n) is 4.68. The third-order valence-electron chi connectivity index (χ3n) is 2.81. The van der Waals surface area contributed by atoms with E-state index in [2.05, 4.69) is 19.9 Å². The van der Waals surface area contributed by atoms with Crippen LogP contribution in [0.4, 0.5) is 0 Å². The molecule has 0 bridgehead atoms. The van der Waals surface area contributed by atoms with E-state index in [0.717, 1.165) is 17.0 Å². The molecule has 0 aliphatic heterocycles. The van der Waals surface area contributed by atoms with Crippen molar-refractivity contribution in [2.24, 2.45) is 0 Å². The first-order chi connectivity index (χ1) is 9.15. The van der Waals surface area contributed by atoms with Gasteiger partial charge in [-0.25, -0.2) is 0 Å². The topological polar surface area (TPSA) is 26.3 Å². The van der Waals surface area contributed by atoms with Gasteiger partial charge in [0.25, 0.3) is 0 Å². The fraction of sp³-hybridized carbons (Fsp3) is 0.312. The Morgan fingerprint density at radius 3 is 2.58 bits per heavy atom. The number of thiophene rings is 1. The lowest BCUT2D eigenvalue weighted by atomic mass is 10.1. The van der Waals surface area contributed by atoms with Gasteiger partial charge in [0.15, 0.2) is 5.78 Å². The van der Waals surface area contributed by atoms with Crippen molar-refractivity contribution in [2.45, 2.75) is 26.7 Å². The van der Waals surface area contributed by atoms with E-state index in [1.165, 1.54) is 22.5 Å². The number of ether oxygens (including phenoxy) is 1. The van der Waals surface area contributed by atoms with E-state index in [1.54, 1.807) is 0 Å². The van der Waals surface area contributed by atoms with Crippen LogP contribution in [0.1, 0.15) is 33.6 Å². The molecule has 0 radical (unpaired) electrons. The lowest BCUT2D eigenvalue weighted by Gasteiger charge is -2.07. The molecule has 1 aromatic carbocycles. The molecule has 3 heteroatoms. The van der Waals surface area contributed by atoms with Crippen LogP contribution in [0.5, 0.6) is 5.75 Å². The van der Waals surface area contributed by atoms with Gasteiger partial charge in [-0.2, -0.15) is 0 Å². The highest BCUT2D eigenvalue weighted by Crippen LogP contribution is 2.17. The molecule has 1 heterocycles. The number of Topliss-reactive ketones (excluding diaryl/α,β-unsaturated/α-hetero) is 1. The molecule has 2 aromatic rings. The van der Waals surface area contributed by atoms with Crippen LogP contribution in [-0.2, 0) is 0 Å². The maximum atomic E-state index is 11.8. The van der Waals surface area contributed by atoms with Crippen LogP contribution in [0.3, 0.4) is 0 Å². The lowest BCUT2D eigenvalue weighted by molar-refractivity contribution is 0.0977. The summed E-state index contributed by atoms with van der Waals surface area (Å²) in [4.78, 5) is 12.6. The highest BCUT2D eigenvalue weighted by molar-refractivity contribution is 7.12. The minimum atomic E-state index is 0.207. The van der Waals surface area contributed by atoms with Crippen molar-refractivity contribution in [1.82, 2.24) is 0 Å². The number of hydrogen-bond donors (Lipinski definition) is 0. The molecule has 0 fully saturated rings. The molecule has 2 nitrogen and oxygen atoms in total. The summed E-state index contributed by atoms with van der Waals surface area (Å²) >= 11 is 1.50. The average molecular weight is 274 g/mol. The van der Waals surface area contributed by atoms with Gasteiger partial charge in [0.2, 0.25) is 0 Å². The Bertz CT molecular complexity index is 524. The number of aryl methyl sites for hydroxylation is 2. The van der Waals surface area contributed by atoms with E-state index >= 15 is 0 Å². The van der Waals surface area contributed by atoms with E-state index in [4.69, 9.17) is 4.74 Å². The molecule has 0 spiro atoms. The molecule has 2 rings (SSSR count). The van der Waals surface area contributed by atoms with Gasteiger partial charge < -0.3 is 4.74 Å². The molecule has 0 unspecified atom stereocenters. The maximum Gasteiger partial charge on any atom is 0.172 e. The Morgan fingerprint density at radius 2 is 1.95 bits per heavy atom. The molecule has 0 N–H and O–H groups in total. The summed E-state index contributed by atoms with van der Waals surface area (Å²) in [7, 11) is 0. The predicted molar refractivity (Wildman–Crippen MR) is 79.3 cm³/mol. The smallest absolute Gasteiger partial charge is 0.172 e. The molecule has 100 valence electrons. The van der Waals surface area contributed by atoms with Crippen LogP contribution in [0.25, 0.3) is 0 Å². The van der Waals surface area contributed by atoms with Gasteiger partial charge in [-0.15, -0.1) is 11.3 Å². The summed E-state index contributed by atoms with van der Waals surface area (Å²) < 4.78 is 5.69. The standard InChI is InChI=1S/C16H18O2S/c1-12-9-13(2)11-14(10-12)18-7-3-5-15(17)16-6-4-8-19-16/h4,6,8-11H,3,5,7H2,1-2H3. The van der Waals surface area contributed by atoms with E-state index < -0.39 is 0 Å². The highest BCUT2D eigenvalue weighted by Gasteiger charge is 2.06. The predicted octanol–water partition coefficient (Wildman–Crippen LogP) is 4.41. The minimum absolute atomic E-state index is 0.207. The minimum Gasteiger partial charge on any atom is -0.494 e. The SMILES string of the molecule is Cc1cc(C)cc(OCCCC(=O)c2cccs2)c1. The van der Waals surface area contributed by atoms with Gasteiger partial charge >= 0.3 is 0 Å². The number of rotatable bonds is 6. The summed E-state index contributed by atoms with van der Waals surface area (Å²) in [6.07, 6.45) is 1.30. The van der Waals surface area contributed by atoms with Crippen LogP contribution in [0, 0.1) is 13.8 Å². The number of benzene rings is 1. The Labute approximate surface area is 118 Å². The van der Waals surface area contributed by atoms with E-state index in [-0.39, 0.29) is 5.78 Å². The van der Waals surface area contributed by atoms with Gasteiger partial charge in [-0.1, -0.05) is 12.1 Å². The molecular formula is C16H18O2S. The highest BCUT2D eigenvalue weighted by atomic mass is 32.1. The zero-order valence-electron chi connectivity index (χ0n) is 11.3. The molecule has 0 saturated carbocycles. The van der Waals surface area contributed by atoms with Crippen molar-refractivity contribution >= 4 is 17.1 Å². The normalized spacial score (nSPS) is 10.4. The Balaban J connectivity index is 1.76. The van der Waals surface area contributed by atoms with Crippen molar-refractivity contribution in [3.63, 3.8) is 0 Å². The third kappa shape index (κ3) is 4.21. The summed E-state index contributed by atoms with van der Waals surface area (Å²) in [5, 5.41) is 1.93. The van der Waals surface area contributed by atoms with Crippen molar-refractivity contribution in [3.8, 4) is 5.75 Å². The zero-order valence-corrected chi connectivity index (χ0v) is 12.1. The van der Waals surface area contributed by atoms with Crippen LogP contribution < -0.4 is 4.74 Å². The van der Waals surface area contributed by atoms with Crippen molar-refractivity contribution in [2.75, 3.05) is 6.61 Å². The Morgan fingerprint density at radius 1 is 1.21 bits per heavy atom. The molecule has 0 amide bonds. The summed E-state index contributed by atoms with van der Waals surface area (Å²) in [6, 6.07) is 9.94. The fourth-order valence-electron chi connectivity index (χ4n) is 2.00. The first-order valence-electron chi connectivity index (χ1n) is 6.43. The van der Waals surface area contributed by atoms with E-state index in [9.17, 15) is 4.79 Å². The number of hydrogen-bond acceptors (Lipinski definition) is 3. The van der Waals surface area contributed by atoms with Gasteiger partial charge in [0, 0.05) is 6.42 Å². The number of ketones is 1. The molecule has 19 heavy (non-hydrogen) atoms. The van der Waals surface area contributed by atoms with Crippen molar-refractivity contribution < 1.29 is 9.53 Å². The first kappa shape index (κ1) is 13.8. The van der Waals surface area contributed by atoms with E-state index in [0.29, 0.717) is 13.0 Å². The van der Waals surface area contributed by atoms with Gasteiger partial charge in [0.05, 0.1) is 11.5 Å². The van der Waals surface area contributed by atoms with Crippen LogP contribution >= 0.6 is 11.3 Å². The quantitative estimate of drug-likeness (QED) is 0.576. The van der Waals surface area contributed by atoms with Gasteiger partial charge in [-0.05, 0) is 55.0 Å². The van der Waals surface area contributed by atoms with Crippen LogP contribution in [0.15, 0.2) is 35.7 Å². The molecule has 1 aromatic heterocycles. The van der Waals surface area contributed by atoms with E-state index in [1.807, 2.05) is 29.6 Å². The molecular weight excluding hydrogens is 256 g/mol. The molecule has 0 atom stereocenters. The second-order valence-corrected chi connectivity index (χ2v) is 5.62. The fourth-order valence-corrected chi connectivity index (χ4v) is 2.69. The van der Waals surface area contributed by atoms with Crippen LogP contribution in [0.2, 0.25) is 0 Å². The average Bonchev–Trinajstić information content (AvgIpc) is 2.87. The largest absolute Gasteiger partial charge is 0.494 e. The van der Waals surface area contributed by atoms with Gasteiger partial charge in [0.1, 0.15) is 5.75 Å². The van der Waals surface area contributed by atoms with Crippen molar-refractivity contribution in [3.05, 3.63) is 51.7 Å². The molecule has 0 aliphatic rings. The zero-order chi connectivity index (χ0) is 13.7. The molecule has 0 aliphatic carbocycles. The van der Waals surface area contributed by atoms with Gasteiger partial charge in [-0.3, -0.25) is 4.79 Å². The summed E-state index contributed by atoms with van der Waals surface area (Å²) in [6.45, 7) is 4.69. The summed E-state index contributed by atoms with van der Waals surface area (Å²) in [5.74, 6) is 1.10. The maximum absolute atomic E-state index is 11.8. The van der Waals surface area contributed by atoms with Crippen LogP contribution in [-0.4, -0.2) is 12.4 Å². The monoisotopic (exact) mass is 274 g/mol. The lowest BCUT2D eigenvalue weighted by Crippen LogP contribution is -2.02.